The first-order chi connectivity index (χ1) is 14.3. The lowest BCUT2D eigenvalue weighted by atomic mass is 10.1. The number of aryl methyl sites for hydroxylation is 2. The third-order valence-electron chi connectivity index (χ3n) is 4.89. The van der Waals surface area contributed by atoms with E-state index in [9.17, 15) is 8.42 Å². The van der Waals surface area contributed by atoms with Crippen molar-refractivity contribution < 1.29 is 22.4 Å². The quantitative estimate of drug-likeness (QED) is 0.577. The van der Waals surface area contributed by atoms with Crippen LogP contribution in [-0.2, 0) is 16.6 Å². The average Bonchev–Trinajstić information content (AvgIpc) is 3.06. The largest absolute Gasteiger partial charge is 0.493 e. The van der Waals surface area contributed by atoms with Crippen LogP contribution in [0.15, 0.2) is 45.8 Å². The standard InChI is InChI=1S/C22H26N2O5S/c1-6-28-19-10-8-17(11-20(19)27-5)13-23-30(25,26)21-12-18(9-7-14(21)2)22-15(3)16(4)24-29-22/h7-12,23H,6,13H2,1-5H3. The molecule has 7 nitrogen and oxygen atoms in total. The second-order valence-electron chi connectivity index (χ2n) is 6.95. The molecule has 8 heteroatoms. The summed E-state index contributed by atoms with van der Waals surface area (Å²) in [4.78, 5) is 0.200. The van der Waals surface area contributed by atoms with Crippen molar-refractivity contribution in [3.63, 3.8) is 0 Å². The Morgan fingerprint density at radius 1 is 1.07 bits per heavy atom. The minimum atomic E-state index is -3.75. The maximum Gasteiger partial charge on any atom is 0.241 e. The molecule has 1 N–H and O–H groups in total. The minimum Gasteiger partial charge on any atom is -0.493 e. The van der Waals surface area contributed by atoms with Gasteiger partial charge < -0.3 is 14.0 Å². The summed E-state index contributed by atoms with van der Waals surface area (Å²) in [5.74, 6) is 1.75. The molecule has 3 aromatic rings. The minimum absolute atomic E-state index is 0.120. The van der Waals surface area contributed by atoms with Gasteiger partial charge in [0.2, 0.25) is 10.0 Å². The summed E-state index contributed by atoms with van der Waals surface area (Å²) in [6, 6.07) is 10.5. The van der Waals surface area contributed by atoms with Gasteiger partial charge in [-0.1, -0.05) is 23.4 Å². The van der Waals surface area contributed by atoms with Crippen molar-refractivity contribution in [3.05, 3.63) is 58.8 Å². The lowest BCUT2D eigenvalue weighted by molar-refractivity contribution is 0.310. The highest BCUT2D eigenvalue weighted by Gasteiger charge is 2.20. The van der Waals surface area contributed by atoms with Crippen molar-refractivity contribution in [1.82, 2.24) is 9.88 Å². The fraction of sp³-hybridized carbons (Fsp3) is 0.318. The zero-order chi connectivity index (χ0) is 21.9. The highest BCUT2D eigenvalue weighted by atomic mass is 32.2. The van der Waals surface area contributed by atoms with Crippen molar-refractivity contribution in [1.29, 1.82) is 0 Å². The highest BCUT2D eigenvalue weighted by Crippen LogP contribution is 2.30. The van der Waals surface area contributed by atoms with Crippen molar-refractivity contribution in [3.8, 4) is 22.8 Å². The molecule has 30 heavy (non-hydrogen) atoms. The third-order valence-corrected chi connectivity index (χ3v) is 6.43. The van der Waals surface area contributed by atoms with Crippen LogP contribution in [0.25, 0.3) is 11.3 Å². The second-order valence-corrected chi connectivity index (χ2v) is 8.68. The monoisotopic (exact) mass is 430 g/mol. The van der Waals surface area contributed by atoms with Crippen LogP contribution in [0.2, 0.25) is 0 Å². The Hall–Kier alpha value is -2.84. The third kappa shape index (κ3) is 4.49. The molecule has 0 atom stereocenters. The van der Waals surface area contributed by atoms with Gasteiger partial charge in [0.05, 0.1) is 24.3 Å². The van der Waals surface area contributed by atoms with Crippen molar-refractivity contribution in [2.45, 2.75) is 39.1 Å². The molecular weight excluding hydrogens is 404 g/mol. The molecule has 0 saturated carbocycles. The number of aromatic nitrogens is 1. The smallest absolute Gasteiger partial charge is 0.241 e. The lowest BCUT2D eigenvalue weighted by Gasteiger charge is -2.13. The Morgan fingerprint density at radius 2 is 1.83 bits per heavy atom. The summed E-state index contributed by atoms with van der Waals surface area (Å²) in [7, 11) is -2.20. The average molecular weight is 431 g/mol. The lowest BCUT2D eigenvalue weighted by Crippen LogP contribution is -2.24. The number of methoxy groups -OCH3 is 1. The number of ether oxygens (including phenoxy) is 2. The van der Waals surface area contributed by atoms with Crippen LogP contribution in [0, 0.1) is 20.8 Å². The van der Waals surface area contributed by atoms with Crippen LogP contribution in [0.1, 0.15) is 29.3 Å². The summed E-state index contributed by atoms with van der Waals surface area (Å²) < 4.78 is 44.9. The zero-order valence-electron chi connectivity index (χ0n) is 17.8. The summed E-state index contributed by atoms with van der Waals surface area (Å²) in [5, 5.41) is 3.96. The Balaban J connectivity index is 1.85. The summed E-state index contributed by atoms with van der Waals surface area (Å²) in [6.45, 7) is 8.03. The number of rotatable bonds is 8. The Labute approximate surface area is 177 Å². The molecule has 3 rings (SSSR count). The van der Waals surface area contributed by atoms with Crippen molar-refractivity contribution >= 4 is 10.0 Å². The molecule has 1 heterocycles. The van der Waals surface area contributed by atoms with Gasteiger partial charge >= 0.3 is 0 Å². The van der Waals surface area contributed by atoms with Gasteiger partial charge in [0.1, 0.15) is 0 Å². The van der Waals surface area contributed by atoms with E-state index < -0.39 is 10.0 Å². The molecule has 0 unspecified atom stereocenters. The van der Waals surface area contributed by atoms with Gasteiger partial charge in [-0.05, 0) is 57.0 Å². The number of hydrogen-bond donors (Lipinski definition) is 1. The maximum atomic E-state index is 13.0. The van der Waals surface area contributed by atoms with E-state index in [1.54, 1.807) is 44.4 Å². The normalized spacial score (nSPS) is 11.5. The molecule has 0 aliphatic rings. The SMILES string of the molecule is CCOc1ccc(CNS(=O)(=O)c2cc(-c3onc(C)c3C)ccc2C)cc1OC. The van der Waals surface area contributed by atoms with E-state index in [2.05, 4.69) is 9.88 Å². The van der Waals surface area contributed by atoms with E-state index in [4.69, 9.17) is 14.0 Å². The van der Waals surface area contributed by atoms with E-state index in [0.29, 0.717) is 35.0 Å². The molecular formula is C22H26N2O5S. The first-order valence-corrected chi connectivity index (χ1v) is 11.1. The van der Waals surface area contributed by atoms with Gasteiger partial charge in [-0.2, -0.15) is 0 Å². The van der Waals surface area contributed by atoms with E-state index in [1.165, 1.54) is 0 Å². The predicted octanol–water partition coefficient (Wildman–Crippen LogP) is 4.15. The molecule has 0 amide bonds. The van der Waals surface area contributed by atoms with E-state index in [1.807, 2.05) is 26.8 Å². The van der Waals surface area contributed by atoms with Crippen LogP contribution < -0.4 is 14.2 Å². The number of benzene rings is 2. The molecule has 0 saturated heterocycles. The van der Waals surface area contributed by atoms with Crippen LogP contribution in [0.4, 0.5) is 0 Å². The van der Waals surface area contributed by atoms with E-state index in [-0.39, 0.29) is 11.4 Å². The predicted molar refractivity (Wildman–Crippen MR) is 114 cm³/mol. The number of sulfonamides is 1. The highest BCUT2D eigenvalue weighted by molar-refractivity contribution is 7.89. The topological polar surface area (TPSA) is 90.7 Å². The van der Waals surface area contributed by atoms with Crippen LogP contribution in [0.5, 0.6) is 11.5 Å². The molecule has 0 radical (unpaired) electrons. The summed E-state index contributed by atoms with van der Waals surface area (Å²) >= 11 is 0. The number of hydrogen-bond acceptors (Lipinski definition) is 6. The van der Waals surface area contributed by atoms with Crippen molar-refractivity contribution in [2.24, 2.45) is 0 Å². The fourth-order valence-electron chi connectivity index (χ4n) is 3.07. The number of nitrogens with zero attached hydrogens (tertiary/aromatic N) is 1. The molecule has 0 bridgehead atoms. The van der Waals surface area contributed by atoms with Gasteiger partial charge in [0.25, 0.3) is 0 Å². The van der Waals surface area contributed by atoms with Crippen molar-refractivity contribution in [2.75, 3.05) is 13.7 Å². The Bertz CT molecular complexity index is 1150. The van der Waals surface area contributed by atoms with Crippen LogP contribution in [0.3, 0.4) is 0 Å². The first-order valence-electron chi connectivity index (χ1n) is 9.60. The molecule has 2 aromatic carbocycles. The molecule has 0 spiro atoms. The summed E-state index contributed by atoms with van der Waals surface area (Å²) in [5.41, 5.74) is 3.73. The van der Waals surface area contributed by atoms with E-state index in [0.717, 1.165) is 16.8 Å². The van der Waals surface area contributed by atoms with Crippen LogP contribution in [-0.4, -0.2) is 27.3 Å². The van der Waals surface area contributed by atoms with Gasteiger partial charge in [-0.25, -0.2) is 13.1 Å². The van der Waals surface area contributed by atoms with Gasteiger partial charge in [0, 0.05) is 17.7 Å². The number of nitrogens with one attached hydrogen (secondary N) is 1. The Morgan fingerprint density at radius 3 is 2.47 bits per heavy atom. The van der Waals surface area contributed by atoms with Crippen LogP contribution >= 0.6 is 0 Å². The molecule has 160 valence electrons. The fourth-order valence-corrected chi connectivity index (χ4v) is 4.35. The molecule has 0 fully saturated rings. The molecule has 0 aliphatic heterocycles. The van der Waals surface area contributed by atoms with Gasteiger partial charge in [-0.15, -0.1) is 0 Å². The zero-order valence-corrected chi connectivity index (χ0v) is 18.6. The maximum absolute atomic E-state index is 13.0. The van der Waals surface area contributed by atoms with Gasteiger partial charge in [-0.3, -0.25) is 0 Å². The second kappa shape index (κ2) is 8.89. The Kier molecular flexibility index (Phi) is 6.48. The molecule has 1 aromatic heterocycles. The first kappa shape index (κ1) is 21.9. The van der Waals surface area contributed by atoms with E-state index >= 15 is 0 Å². The van der Waals surface area contributed by atoms with Gasteiger partial charge in [0.15, 0.2) is 17.3 Å². The molecule has 0 aliphatic carbocycles. The summed E-state index contributed by atoms with van der Waals surface area (Å²) in [6.07, 6.45) is 0.